The first kappa shape index (κ1) is 16.5. The van der Waals surface area contributed by atoms with Crippen LogP contribution in [0.2, 0.25) is 0 Å². The fraction of sp³-hybridized carbons (Fsp3) is 0.294. The van der Waals surface area contributed by atoms with Crippen LogP contribution in [0.3, 0.4) is 0 Å². The Bertz CT molecular complexity index is 693. The molecule has 0 aliphatic heterocycles. The fourth-order valence-corrected chi connectivity index (χ4v) is 2.50. The maximum absolute atomic E-state index is 12.2. The third kappa shape index (κ3) is 4.56. The minimum Gasteiger partial charge on any atom is -0.347 e. The lowest BCUT2D eigenvalue weighted by Crippen LogP contribution is -2.40. The van der Waals surface area contributed by atoms with Crippen LogP contribution in [0.5, 0.6) is 0 Å². The van der Waals surface area contributed by atoms with E-state index >= 15 is 0 Å². The first-order valence-corrected chi connectivity index (χ1v) is 7.86. The molecule has 1 aromatic carbocycles. The normalized spacial score (nSPS) is 11.1. The summed E-state index contributed by atoms with van der Waals surface area (Å²) >= 11 is 3.52. The average Bonchev–Trinajstić information content (AvgIpc) is 2.40. The molecule has 0 fully saturated rings. The minimum atomic E-state index is -0.270. The Morgan fingerprint density at radius 2 is 1.91 bits per heavy atom. The summed E-state index contributed by atoms with van der Waals surface area (Å²) in [5.74, 6) is 0.520. The van der Waals surface area contributed by atoms with Crippen molar-refractivity contribution in [1.82, 2.24) is 10.3 Å². The molecule has 2 N–H and O–H groups in total. The molecule has 0 spiro atoms. The summed E-state index contributed by atoms with van der Waals surface area (Å²) in [5.41, 5.74) is 2.39. The Hall–Kier alpha value is -1.88. The van der Waals surface area contributed by atoms with Crippen molar-refractivity contribution in [2.45, 2.75) is 33.2 Å². The molecule has 1 amide bonds. The zero-order valence-corrected chi connectivity index (χ0v) is 14.8. The summed E-state index contributed by atoms with van der Waals surface area (Å²) < 4.78 is 0.957. The first-order valence-electron chi connectivity index (χ1n) is 7.06. The number of aryl methyl sites for hydroxylation is 1. The Morgan fingerprint density at radius 3 is 2.55 bits per heavy atom. The Kier molecular flexibility index (Phi) is 4.86. The van der Waals surface area contributed by atoms with E-state index in [0.717, 1.165) is 10.2 Å². The number of benzene rings is 1. The molecule has 0 saturated heterocycles. The lowest BCUT2D eigenvalue weighted by molar-refractivity contribution is 0.0919. The summed E-state index contributed by atoms with van der Waals surface area (Å²) in [6.45, 7) is 7.89. The predicted molar refractivity (Wildman–Crippen MR) is 93.6 cm³/mol. The number of amides is 1. The van der Waals surface area contributed by atoms with Gasteiger partial charge in [-0.25, -0.2) is 4.98 Å². The Labute approximate surface area is 139 Å². The van der Waals surface area contributed by atoms with E-state index in [1.54, 1.807) is 18.3 Å². The highest BCUT2D eigenvalue weighted by atomic mass is 79.9. The topological polar surface area (TPSA) is 54.0 Å². The Balaban J connectivity index is 2.20. The molecule has 22 heavy (non-hydrogen) atoms. The van der Waals surface area contributed by atoms with Crippen LogP contribution in [-0.4, -0.2) is 16.4 Å². The molecule has 116 valence electrons. The van der Waals surface area contributed by atoms with Gasteiger partial charge in [0.25, 0.3) is 5.91 Å². The number of pyridine rings is 1. The van der Waals surface area contributed by atoms with Crippen molar-refractivity contribution in [1.29, 1.82) is 0 Å². The monoisotopic (exact) mass is 361 g/mol. The van der Waals surface area contributed by atoms with Crippen molar-refractivity contribution in [3.05, 3.63) is 52.1 Å². The molecule has 0 aliphatic rings. The van der Waals surface area contributed by atoms with Crippen LogP contribution in [0.1, 0.15) is 36.7 Å². The quantitative estimate of drug-likeness (QED) is 0.850. The molecular weight excluding hydrogens is 342 g/mol. The van der Waals surface area contributed by atoms with Gasteiger partial charge in [-0.05, 0) is 73.5 Å². The van der Waals surface area contributed by atoms with Crippen LogP contribution in [0, 0.1) is 6.92 Å². The van der Waals surface area contributed by atoms with E-state index in [-0.39, 0.29) is 11.4 Å². The second-order valence-corrected chi connectivity index (χ2v) is 7.10. The van der Waals surface area contributed by atoms with E-state index in [4.69, 9.17) is 0 Å². The second-order valence-electron chi connectivity index (χ2n) is 6.24. The summed E-state index contributed by atoms with van der Waals surface area (Å²) in [6, 6.07) is 9.47. The van der Waals surface area contributed by atoms with E-state index in [9.17, 15) is 4.79 Å². The zero-order chi connectivity index (χ0) is 16.3. The number of nitrogens with one attached hydrogen (secondary N) is 2. The van der Waals surface area contributed by atoms with Gasteiger partial charge in [0.2, 0.25) is 0 Å². The lowest BCUT2D eigenvalue weighted by Gasteiger charge is -2.20. The van der Waals surface area contributed by atoms with Gasteiger partial charge in [-0.3, -0.25) is 4.79 Å². The van der Waals surface area contributed by atoms with Gasteiger partial charge in [0, 0.05) is 21.8 Å². The molecular formula is C17H20BrN3O. The fourth-order valence-electron chi connectivity index (χ4n) is 1.91. The van der Waals surface area contributed by atoms with Crippen molar-refractivity contribution in [3.8, 4) is 0 Å². The van der Waals surface area contributed by atoms with Gasteiger partial charge in [0.05, 0.1) is 5.69 Å². The SMILES string of the molecule is Cc1ccc(Nc2cc(C(=O)NC(C)(C)C)ccn2)c(Br)c1. The van der Waals surface area contributed by atoms with Gasteiger partial charge in [-0.1, -0.05) is 6.07 Å². The predicted octanol–water partition coefficient (Wildman–Crippen LogP) is 4.42. The van der Waals surface area contributed by atoms with Crippen LogP contribution in [0.15, 0.2) is 41.0 Å². The molecule has 5 heteroatoms. The van der Waals surface area contributed by atoms with Crippen molar-refractivity contribution >= 4 is 33.3 Å². The highest BCUT2D eigenvalue weighted by molar-refractivity contribution is 9.10. The standard InChI is InChI=1S/C17H20BrN3O/c1-11-5-6-14(13(18)9-11)20-15-10-12(7-8-19-15)16(22)21-17(2,3)4/h5-10H,1-4H3,(H,19,20)(H,21,22). The van der Waals surface area contributed by atoms with Gasteiger partial charge in [-0.2, -0.15) is 0 Å². The first-order chi connectivity index (χ1) is 10.2. The van der Waals surface area contributed by atoms with Crippen molar-refractivity contribution in [2.24, 2.45) is 0 Å². The maximum atomic E-state index is 12.2. The molecule has 4 nitrogen and oxygen atoms in total. The number of carbonyl (C=O) groups is 1. The average molecular weight is 362 g/mol. The molecule has 1 heterocycles. The van der Waals surface area contributed by atoms with Gasteiger partial charge < -0.3 is 10.6 Å². The number of halogens is 1. The molecule has 0 unspecified atom stereocenters. The number of aromatic nitrogens is 1. The van der Waals surface area contributed by atoms with E-state index < -0.39 is 0 Å². The van der Waals surface area contributed by atoms with Crippen LogP contribution >= 0.6 is 15.9 Å². The number of rotatable bonds is 3. The lowest BCUT2D eigenvalue weighted by atomic mass is 10.1. The van der Waals surface area contributed by atoms with Gasteiger partial charge in [0.1, 0.15) is 5.82 Å². The van der Waals surface area contributed by atoms with Gasteiger partial charge in [-0.15, -0.1) is 0 Å². The summed E-state index contributed by atoms with van der Waals surface area (Å²) in [4.78, 5) is 16.5. The highest BCUT2D eigenvalue weighted by Crippen LogP contribution is 2.26. The van der Waals surface area contributed by atoms with E-state index in [2.05, 4.69) is 31.5 Å². The maximum Gasteiger partial charge on any atom is 0.251 e. The molecule has 0 aliphatic carbocycles. The highest BCUT2D eigenvalue weighted by Gasteiger charge is 2.15. The van der Waals surface area contributed by atoms with Crippen molar-refractivity contribution in [2.75, 3.05) is 5.32 Å². The second kappa shape index (κ2) is 6.48. The molecule has 2 aromatic rings. The number of hydrogen-bond donors (Lipinski definition) is 2. The van der Waals surface area contributed by atoms with E-state index in [1.165, 1.54) is 5.56 Å². The van der Waals surface area contributed by atoms with Crippen molar-refractivity contribution < 1.29 is 4.79 Å². The van der Waals surface area contributed by atoms with Gasteiger partial charge >= 0.3 is 0 Å². The molecule has 0 bridgehead atoms. The molecule has 0 radical (unpaired) electrons. The largest absolute Gasteiger partial charge is 0.347 e. The van der Waals surface area contributed by atoms with Crippen LogP contribution in [-0.2, 0) is 0 Å². The number of hydrogen-bond acceptors (Lipinski definition) is 3. The zero-order valence-electron chi connectivity index (χ0n) is 13.2. The smallest absolute Gasteiger partial charge is 0.251 e. The summed E-state index contributed by atoms with van der Waals surface area (Å²) in [7, 11) is 0. The third-order valence-corrected chi connectivity index (χ3v) is 3.55. The summed E-state index contributed by atoms with van der Waals surface area (Å²) in [5, 5.41) is 6.16. The number of nitrogens with zero attached hydrogens (tertiary/aromatic N) is 1. The minimum absolute atomic E-state index is 0.110. The Morgan fingerprint density at radius 1 is 1.18 bits per heavy atom. The van der Waals surface area contributed by atoms with E-state index in [1.807, 2.05) is 45.9 Å². The van der Waals surface area contributed by atoms with Gasteiger partial charge in [0.15, 0.2) is 0 Å². The third-order valence-electron chi connectivity index (χ3n) is 2.90. The summed E-state index contributed by atoms with van der Waals surface area (Å²) in [6.07, 6.45) is 1.63. The number of anilines is 2. The van der Waals surface area contributed by atoms with Crippen molar-refractivity contribution in [3.63, 3.8) is 0 Å². The van der Waals surface area contributed by atoms with Crippen LogP contribution in [0.4, 0.5) is 11.5 Å². The van der Waals surface area contributed by atoms with Crippen LogP contribution in [0.25, 0.3) is 0 Å². The molecule has 2 rings (SSSR count). The molecule has 0 atom stereocenters. The van der Waals surface area contributed by atoms with Crippen LogP contribution < -0.4 is 10.6 Å². The molecule has 1 aromatic heterocycles. The number of carbonyl (C=O) groups excluding carboxylic acids is 1. The molecule has 0 saturated carbocycles. The van der Waals surface area contributed by atoms with E-state index in [0.29, 0.717) is 11.4 Å².